The van der Waals surface area contributed by atoms with Crippen molar-refractivity contribution in [2.24, 2.45) is 0 Å². The highest BCUT2D eigenvalue weighted by molar-refractivity contribution is 6.42. The van der Waals surface area contributed by atoms with E-state index in [1.807, 2.05) is 36.4 Å². The summed E-state index contributed by atoms with van der Waals surface area (Å²) in [6.07, 6.45) is 0.923. The van der Waals surface area contributed by atoms with E-state index in [0.29, 0.717) is 16.1 Å². The largest absolute Gasteiger partial charge is 0.307 e. The molecule has 2 aromatic carbocycles. The van der Waals surface area contributed by atoms with Crippen molar-refractivity contribution in [2.75, 3.05) is 0 Å². The summed E-state index contributed by atoms with van der Waals surface area (Å²) >= 11 is 18.0. The third-order valence-corrected chi connectivity index (χ3v) is 4.38. The Labute approximate surface area is 141 Å². The van der Waals surface area contributed by atoms with Crippen LogP contribution in [0.5, 0.6) is 0 Å². The van der Waals surface area contributed by atoms with E-state index in [0.717, 1.165) is 17.0 Å². The van der Waals surface area contributed by atoms with Crippen molar-refractivity contribution in [3.05, 3.63) is 68.7 Å². The van der Waals surface area contributed by atoms with Gasteiger partial charge >= 0.3 is 0 Å². The fourth-order valence-electron chi connectivity index (χ4n) is 2.38. The summed E-state index contributed by atoms with van der Waals surface area (Å²) < 4.78 is 0. The van der Waals surface area contributed by atoms with Gasteiger partial charge in [-0.2, -0.15) is 0 Å². The van der Waals surface area contributed by atoms with Gasteiger partial charge in [-0.05, 0) is 55.7 Å². The molecular weight excluding hydrogens is 325 g/mol. The van der Waals surface area contributed by atoms with Gasteiger partial charge in [0.2, 0.25) is 0 Å². The SMILES string of the molecule is CC(Cc1cccc(Cl)c1)NC(C)c1ccc(Cl)c(Cl)c1. The molecule has 0 aliphatic carbocycles. The third kappa shape index (κ3) is 4.89. The van der Waals surface area contributed by atoms with Crippen LogP contribution >= 0.6 is 34.8 Å². The Balaban J connectivity index is 1.98. The standard InChI is InChI=1S/C17H18Cl3N/c1-11(8-13-4-3-5-15(18)9-13)21-12(2)14-6-7-16(19)17(20)10-14/h3-7,9-12,21H,8H2,1-2H3. The molecule has 0 bridgehead atoms. The molecule has 0 aliphatic rings. The molecule has 21 heavy (non-hydrogen) atoms. The molecule has 1 N–H and O–H groups in total. The quantitative estimate of drug-likeness (QED) is 0.710. The molecule has 0 aliphatic heterocycles. The maximum absolute atomic E-state index is 6.07. The maximum Gasteiger partial charge on any atom is 0.0595 e. The van der Waals surface area contributed by atoms with Gasteiger partial charge in [-0.1, -0.05) is 53.0 Å². The summed E-state index contributed by atoms with van der Waals surface area (Å²) in [5.74, 6) is 0. The van der Waals surface area contributed by atoms with Crippen molar-refractivity contribution in [2.45, 2.75) is 32.4 Å². The Kier molecular flexibility index (Phi) is 5.95. The monoisotopic (exact) mass is 341 g/mol. The van der Waals surface area contributed by atoms with Crippen LogP contribution in [0.1, 0.15) is 31.0 Å². The van der Waals surface area contributed by atoms with Crippen LogP contribution in [0.3, 0.4) is 0 Å². The van der Waals surface area contributed by atoms with E-state index in [2.05, 4.69) is 25.2 Å². The predicted octanol–water partition coefficient (Wildman–Crippen LogP) is 5.93. The third-order valence-electron chi connectivity index (χ3n) is 3.41. The van der Waals surface area contributed by atoms with Gasteiger partial charge in [0.05, 0.1) is 10.0 Å². The van der Waals surface area contributed by atoms with Crippen LogP contribution in [0.2, 0.25) is 15.1 Å². The van der Waals surface area contributed by atoms with Crippen molar-refractivity contribution >= 4 is 34.8 Å². The molecule has 112 valence electrons. The highest BCUT2D eigenvalue weighted by Crippen LogP contribution is 2.26. The first-order valence-electron chi connectivity index (χ1n) is 6.91. The van der Waals surface area contributed by atoms with E-state index in [4.69, 9.17) is 34.8 Å². The summed E-state index contributed by atoms with van der Waals surface area (Å²) in [6.45, 7) is 4.28. The Hall–Kier alpha value is -0.730. The first-order chi connectivity index (χ1) is 9.95. The van der Waals surface area contributed by atoms with Gasteiger partial charge in [0.1, 0.15) is 0 Å². The molecule has 0 amide bonds. The predicted molar refractivity (Wildman–Crippen MR) is 92.6 cm³/mol. The van der Waals surface area contributed by atoms with Crippen LogP contribution in [0.15, 0.2) is 42.5 Å². The second kappa shape index (κ2) is 7.51. The summed E-state index contributed by atoms with van der Waals surface area (Å²) in [7, 11) is 0. The summed E-state index contributed by atoms with van der Waals surface area (Å²) in [6, 6.07) is 14.2. The van der Waals surface area contributed by atoms with Crippen molar-refractivity contribution in [1.29, 1.82) is 0 Å². The molecule has 0 heterocycles. The minimum Gasteiger partial charge on any atom is -0.307 e. The summed E-state index contributed by atoms with van der Waals surface area (Å²) in [5.41, 5.74) is 2.35. The highest BCUT2D eigenvalue weighted by Gasteiger charge is 2.11. The zero-order valence-corrected chi connectivity index (χ0v) is 14.3. The van der Waals surface area contributed by atoms with E-state index in [1.165, 1.54) is 5.56 Å². The molecule has 2 aromatic rings. The van der Waals surface area contributed by atoms with E-state index in [9.17, 15) is 0 Å². The lowest BCUT2D eigenvalue weighted by Gasteiger charge is -2.21. The van der Waals surface area contributed by atoms with E-state index in [1.54, 1.807) is 0 Å². The molecular formula is C17H18Cl3N. The first-order valence-corrected chi connectivity index (χ1v) is 8.04. The van der Waals surface area contributed by atoms with Crippen molar-refractivity contribution in [3.63, 3.8) is 0 Å². The summed E-state index contributed by atoms with van der Waals surface area (Å²) in [4.78, 5) is 0. The van der Waals surface area contributed by atoms with Crippen LogP contribution in [0.4, 0.5) is 0 Å². The van der Waals surface area contributed by atoms with E-state index in [-0.39, 0.29) is 6.04 Å². The topological polar surface area (TPSA) is 12.0 Å². The Morgan fingerprint density at radius 2 is 1.71 bits per heavy atom. The van der Waals surface area contributed by atoms with Crippen LogP contribution in [-0.4, -0.2) is 6.04 Å². The zero-order valence-electron chi connectivity index (χ0n) is 12.0. The van der Waals surface area contributed by atoms with Crippen LogP contribution in [-0.2, 0) is 6.42 Å². The number of benzene rings is 2. The van der Waals surface area contributed by atoms with Gasteiger partial charge < -0.3 is 5.32 Å². The normalized spacial score (nSPS) is 14.0. The van der Waals surface area contributed by atoms with Gasteiger partial charge in [-0.3, -0.25) is 0 Å². The van der Waals surface area contributed by atoms with Gasteiger partial charge in [0, 0.05) is 17.1 Å². The Morgan fingerprint density at radius 3 is 2.38 bits per heavy atom. The molecule has 4 heteroatoms. The van der Waals surface area contributed by atoms with Crippen LogP contribution < -0.4 is 5.32 Å². The Morgan fingerprint density at radius 1 is 0.952 bits per heavy atom. The molecule has 0 aromatic heterocycles. The van der Waals surface area contributed by atoms with Crippen molar-refractivity contribution in [1.82, 2.24) is 5.32 Å². The lowest BCUT2D eigenvalue weighted by Crippen LogP contribution is -2.30. The highest BCUT2D eigenvalue weighted by atomic mass is 35.5. The first kappa shape index (κ1) is 16.6. The lowest BCUT2D eigenvalue weighted by molar-refractivity contribution is 0.477. The number of hydrogen-bond acceptors (Lipinski definition) is 1. The molecule has 0 spiro atoms. The number of nitrogens with one attached hydrogen (secondary N) is 1. The molecule has 1 nitrogen and oxygen atoms in total. The van der Waals surface area contributed by atoms with Crippen LogP contribution in [0.25, 0.3) is 0 Å². The minimum absolute atomic E-state index is 0.203. The fraction of sp³-hybridized carbons (Fsp3) is 0.294. The van der Waals surface area contributed by atoms with Gasteiger partial charge in [0.25, 0.3) is 0 Å². The maximum atomic E-state index is 6.07. The van der Waals surface area contributed by atoms with E-state index >= 15 is 0 Å². The van der Waals surface area contributed by atoms with Crippen molar-refractivity contribution in [3.8, 4) is 0 Å². The minimum atomic E-state index is 0.203. The molecule has 2 atom stereocenters. The molecule has 0 radical (unpaired) electrons. The molecule has 0 fully saturated rings. The number of hydrogen-bond donors (Lipinski definition) is 1. The zero-order chi connectivity index (χ0) is 15.4. The molecule has 2 unspecified atom stereocenters. The van der Waals surface area contributed by atoms with E-state index < -0.39 is 0 Å². The summed E-state index contributed by atoms with van der Waals surface area (Å²) in [5, 5.41) is 5.51. The Bertz CT molecular complexity index is 613. The average molecular weight is 343 g/mol. The molecule has 2 rings (SSSR count). The van der Waals surface area contributed by atoms with Gasteiger partial charge in [0.15, 0.2) is 0 Å². The molecule has 0 saturated carbocycles. The van der Waals surface area contributed by atoms with Crippen molar-refractivity contribution < 1.29 is 0 Å². The fourth-order valence-corrected chi connectivity index (χ4v) is 2.90. The number of rotatable bonds is 5. The lowest BCUT2D eigenvalue weighted by atomic mass is 10.0. The van der Waals surface area contributed by atoms with Crippen LogP contribution in [0, 0.1) is 0 Å². The van der Waals surface area contributed by atoms with Gasteiger partial charge in [-0.25, -0.2) is 0 Å². The average Bonchev–Trinajstić information content (AvgIpc) is 2.41. The second-order valence-electron chi connectivity index (χ2n) is 5.30. The smallest absolute Gasteiger partial charge is 0.0595 e. The second-order valence-corrected chi connectivity index (χ2v) is 6.55. The van der Waals surface area contributed by atoms with Gasteiger partial charge in [-0.15, -0.1) is 0 Å². The molecule has 0 saturated heterocycles. The number of halogens is 3.